The van der Waals surface area contributed by atoms with E-state index >= 15 is 0 Å². The summed E-state index contributed by atoms with van der Waals surface area (Å²) in [7, 11) is -1.50. The third kappa shape index (κ3) is 4.26. The first-order valence-corrected chi connectivity index (χ1v) is 9.19. The van der Waals surface area contributed by atoms with Gasteiger partial charge in [-0.15, -0.1) is 11.3 Å². The van der Waals surface area contributed by atoms with Gasteiger partial charge in [0.25, 0.3) is 0 Å². The van der Waals surface area contributed by atoms with Crippen LogP contribution in [0.15, 0.2) is 34.5 Å². The van der Waals surface area contributed by atoms with Crippen LogP contribution in [0.1, 0.15) is 6.92 Å². The first-order chi connectivity index (χ1) is 9.90. The van der Waals surface area contributed by atoms with Crippen molar-refractivity contribution in [2.45, 2.75) is 17.9 Å². The summed E-state index contributed by atoms with van der Waals surface area (Å²) in [4.78, 5) is 4.81. The summed E-state index contributed by atoms with van der Waals surface area (Å²) in [6.07, 6.45) is 1.20. The van der Waals surface area contributed by atoms with Crippen molar-refractivity contribution in [3.63, 3.8) is 0 Å². The van der Waals surface area contributed by atoms with Crippen molar-refractivity contribution >= 4 is 26.3 Å². The highest BCUT2D eigenvalue weighted by atomic mass is 32.2. The molecule has 1 aromatic heterocycles. The first kappa shape index (κ1) is 15.9. The maximum atomic E-state index is 11.4. The lowest BCUT2D eigenvalue weighted by Crippen LogP contribution is -2.20. The van der Waals surface area contributed by atoms with Crippen LogP contribution in [0.4, 0.5) is 5.13 Å². The number of hydrogen-bond donors (Lipinski definition) is 1. The van der Waals surface area contributed by atoms with E-state index in [0.29, 0.717) is 11.5 Å². The molecule has 0 fully saturated rings. The molecular weight excluding hydrogens is 308 g/mol. The molecule has 5 nitrogen and oxygen atoms in total. The number of ether oxygens (including phenoxy) is 1. The van der Waals surface area contributed by atoms with Gasteiger partial charge < -0.3 is 10.1 Å². The Morgan fingerprint density at radius 2 is 2.00 bits per heavy atom. The van der Waals surface area contributed by atoms with Crippen molar-refractivity contribution in [3.05, 3.63) is 29.6 Å². The van der Waals surface area contributed by atoms with Crippen LogP contribution in [-0.4, -0.2) is 39.4 Å². The van der Waals surface area contributed by atoms with Crippen molar-refractivity contribution in [1.82, 2.24) is 4.98 Å². The number of benzene rings is 1. The molecule has 0 radical (unpaired) electrons. The zero-order chi connectivity index (χ0) is 15.5. The minimum atomic E-state index is -3.16. The van der Waals surface area contributed by atoms with Crippen LogP contribution in [0.3, 0.4) is 0 Å². The molecule has 0 bridgehead atoms. The standard InChI is InChI=1S/C14H18N2O3S2/c1-10(8-19-2)15-14-16-13(9-20-14)11-4-6-12(7-5-11)21(3,17)18/h4-7,9-10H,8H2,1-3H3,(H,15,16). The van der Waals surface area contributed by atoms with Crippen molar-refractivity contribution in [1.29, 1.82) is 0 Å². The zero-order valence-electron chi connectivity index (χ0n) is 12.2. The summed E-state index contributed by atoms with van der Waals surface area (Å²) in [6, 6.07) is 6.93. The van der Waals surface area contributed by atoms with Gasteiger partial charge in [0.15, 0.2) is 15.0 Å². The van der Waals surface area contributed by atoms with Crippen LogP contribution in [0, 0.1) is 0 Å². The molecule has 1 atom stereocenters. The quantitative estimate of drug-likeness (QED) is 0.884. The number of methoxy groups -OCH3 is 1. The molecule has 1 heterocycles. The van der Waals surface area contributed by atoms with E-state index in [9.17, 15) is 8.42 Å². The van der Waals surface area contributed by atoms with Gasteiger partial charge in [-0.25, -0.2) is 13.4 Å². The SMILES string of the molecule is COCC(C)Nc1nc(-c2ccc(S(C)(=O)=O)cc2)cs1. The fourth-order valence-electron chi connectivity index (χ4n) is 1.85. The summed E-state index contributed by atoms with van der Waals surface area (Å²) >= 11 is 1.51. The average Bonchev–Trinajstić information content (AvgIpc) is 2.86. The number of hydrogen-bond acceptors (Lipinski definition) is 6. The molecule has 0 spiro atoms. The van der Waals surface area contributed by atoms with E-state index < -0.39 is 9.84 Å². The first-order valence-electron chi connectivity index (χ1n) is 6.41. The molecule has 21 heavy (non-hydrogen) atoms. The van der Waals surface area contributed by atoms with Gasteiger partial charge in [0.05, 0.1) is 17.2 Å². The van der Waals surface area contributed by atoms with E-state index in [1.807, 2.05) is 12.3 Å². The van der Waals surface area contributed by atoms with Crippen LogP contribution >= 0.6 is 11.3 Å². The Morgan fingerprint density at radius 3 is 2.57 bits per heavy atom. The molecule has 0 aliphatic carbocycles. The number of aromatic nitrogens is 1. The van der Waals surface area contributed by atoms with E-state index in [2.05, 4.69) is 10.3 Å². The second kappa shape index (κ2) is 6.55. The fourth-order valence-corrected chi connectivity index (χ4v) is 3.31. The Hall–Kier alpha value is -1.44. The molecular formula is C14H18N2O3S2. The van der Waals surface area contributed by atoms with Gasteiger partial charge in [-0.1, -0.05) is 12.1 Å². The maximum absolute atomic E-state index is 11.4. The predicted molar refractivity (Wildman–Crippen MR) is 85.6 cm³/mol. The highest BCUT2D eigenvalue weighted by molar-refractivity contribution is 7.90. The van der Waals surface area contributed by atoms with Crippen molar-refractivity contribution in [3.8, 4) is 11.3 Å². The zero-order valence-corrected chi connectivity index (χ0v) is 13.8. The molecule has 1 unspecified atom stereocenters. The molecule has 114 valence electrons. The lowest BCUT2D eigenvalue weighted by atomic mass is 10.2. The number of sulfone groups is 1. The fraction of sp³-hybridized carbons (Fsp3) is 0.357. The van der Waals surface area contributed by atoms with Crippen molar-refractivity contribution < 1.29 is 13.2 Å². The number of anilines is 1. The Kier molecular flexibility index (Phi) is 4.97. The second-order valence-electron chi connectivity index (χ2n) is 4.84. The molecule has 0 aliphatic heterocycles. The molecule has 2 aromatic rings. The number of rotatable bonds is 6. The maximum Gasteiger partial charge on any atom is 0.183 e. The Bertz CT molecular complexity index is 693. The van der Waals surface area contributed by atoms with Gasteiger partial charge in [0.1, 0.15) is 0 Å². The van der Waals surface area contributed by atoms with Gasteiger partial charge in [-0.3, -0.25) is 0 Å². The molecule has 1 aromatic carbocycles. The van der Waals surface area contributed by atoms with Gasteiger partial charge in [0.2, 0.25) is 0 Å². The minimum absolute atomic E-state index is 0.182. The number of nitrogens with zero attached hydrogens (tertiary/aromatic N) is 1. The monoisotopic (exact) mass is 326 g/mol. The minimum Gasteiger partial charge on any atom is -0.383 e. The average molecular weight is 326 g/mol. The van der Waals surface area contributed by atoms with Gasteiger partial charge in [-0.05, 0) is 19.1 Å². The second-order valence-corrected chi connectivity index (χ2v) is 7.71. The van der Waals surface area contributed by atoms with Crippen LogP contribution in [0.2, 0.25) is 0 Å². The van der Waals surface area contributed by atoms with Crippen LogP contribution in [0.5, 0.6) is 0 Å². The Morgan fingerprint density at radius 1 is 1.33 bits per heavy atom. The normalized spacial score (nSPS) is 13.1. The van der Waals surface area contributed by atoms with Crippen LogP contribution < -0.4 is 5.32 Å². The van der Waals surface area contributed by atoms with Crippen molar-refractivity contribution in [2.24, 2.45) is 0 Å². The Labute approximate surface area is 128 Å². The summed E-state index contributed by atoms with van der Waals surface area (Å²) in [6.45, 7) is 2.63. The molecule has 7 heteroatoms. The third-order valence-electron chi connectivity index (χ3n) is 2.87. The smallest absolute Gasteiger partial charge is 0.183 e. The van der Waals surface area contributed by atoms with E-state index in [4.69, 9.17) is 4.74 Å². The van der Waals surface area contributed by atoms with E-state index in [1.165, 1.54) is 17.6 Å². The van der Waals surface area contributed by atoms with Crippen molar-refractivity contribution in [2.75, 3.05) is 25.3 Å². The Balaban J connectivity index is 2.14. The molecule has 0 amide bonds. The largest absolute Gasteiger partial charge is 0.383 e. The molecule has 0 aliphatic rings. The molecule has 0 saturated carbocycles. The highest BCUT2D eigenvalue weighted by Crippen LogP contribution is 2.26. The van der Waals surface area contributed by atoms with E-state index in [-0.39, 0.29) is 6.04 Å². The molecule has 0 saturated heterocycles. The third-order valence-corrected chi connectivity index (χ3v) is 4.77. The van der Waals surface area contributed by atoms with Gasteiger partial charge in [0, 0.05) is 30.4 Å². The number of nitrogens with one attached hydrogen (secondary N) is 1. The summed E-state index contributed by atoms with van der Waals surface area (Å²) in [5, 5.41) is 6.02. The van der Waals surface area contributed by atoms with Gasteiger partial charge >= 0.3 is 0 Å². The van der Waals surface area contributed by atoms with Crippen LogP contribution in [-0.2, 0) is 14.6 Å². The highest BCUT2D eigenvalue weighted by Gasteiger charge is 2.10. The summed E-state index contributed by atoms with van der Waals surface area (Å²) < 4.78 is 27.9. The van der Waals surface area contributed by atoms with E-state index in [0.717, 1.165) is 16.4 Å². The number of thiazole rings is 1. The molecule has 2 rings (SSSR count). The molecule has 1 N–H and O–H groups in total. The predicted octanol–water partition coefficient (Wildman–Crippen LogP) is 2.66. The van der Waals surface area contributed by atoms with E-state index in [1.54, 1.807) is 31.4 Å². The van der Waals surface area contributed by atoms with Crippen LogP contribution in [0.25, 0.3) is 11.3 Å². The summed E-state index contributed by atoms with van der Waals surface area (Å²) in [5.74, 6) is 0. The topological polar surface area (TPSA) is 68.3 Å². The lowest BCUT2D eigenvalue weighted by molar-refractivity contribution is 0.190. The summed E-state index contributed by atoms with van der Waals surface area (Å²) in [5.41, 5.74) is 1.72. The lowest BCUT2D eigenvalue weighted by Gasteiger charge is -2.10. The van der Waals surface area contributed by atoms with Gasteiger partial charge in [-0.2, -0.15) is 0 Å².